The molecule has 0 saturated carbocycles. The van der Waals surface area contributed by atoms with E-state index in [2.05, 4.69) is 12.1 Å². The van der Waals surface area contributed by atoms with Gasteiger partial charge in [-0.2, -0.15) is 0 Å². The summed E-state index contributed by atoms with van der Waals surface area (Å²) in [6, 6.07) is 10.2. The molecule has 0 radical (unpaired) electrons. The first-order valence-corrected chi connectivity index (χ1v) is 6.17. The number of ether oxygens (including phenoxy) is 1. The lowest BCUT2D eigenvalue weighted by Crippen LogP contribution is -1.97. The highest BCUT2D eigenvalue weighted by molar-refractivity contribution is 8.22. The van der Waals surface area contributed by atoms with Crippen LogP contribution in [0.4, 0.5) is 0 Å². The van der Waals surface area contributed by atoms with Crippen molar-refractivity contribution in [3.63, 3.8) is 0 Å². The maximum atomic E-state index is 5.31. The van der Waals surface area contributed by atoms with Crippen LogP contribution in [0.5, 0.6) is 0 Å². The quantitative estimate of drug-likeness (QED) is 0.583. The van der Waals surface area contributed by atoms with Crippen LogP contribution in [0.2, 0.25) is 0 Å². The number of thioether (sulfide) groups is 1. The van der Waals surface area contributed by atoms with E-state index in [0.717, 1.165) is 5.75 Å². The van der Waals surface area contributed by atoms with Crippen molar-refractivity contribution in [3.05, 3.63) is 48.0 Å². The zero-order valence-corrected chi connectivity index (χ0v) is 10.3. The third kappa shape index (κ3) is 5.60. The van der Waals surface area contributed by atoms with Gasteiger partial charge in [-0.3, -0.25) is 0 Å². The summed E-state index contributed by atoms with van der Waals surface area (Å²) in [5.74, 6) is 0.871. The molecule has 0 atom stereocenters. The summed E-state index contributed by atoms with van der Waals surface area (Å²) in [6.07, 6.45) is 3.89. The monoisotopic (exact) mass is 238 g/mol. The molecule has 1 aromatic rings. The van der Waals surface area contributed by atoms with E-state index in [4.69, 9.17) is 17.0 Å². The fraction of sp³-hybridized carbons (Fsp3) is 0.250. The Labute approximate surface area is 101 Å². The van der Waals surface area contributed by atoms with Gasteiger partial charge < -0.3 is 4.74 Å². The van der Waals surface area contributed by atoms with Crippen LogP contribution < -0.4 is 0 Å². The Morgan fingerprint density at radius 1 is 1.40 bits per heavy atom. The molecule has 80 valence electrons. The van der Waals surface area contributed by atoms with Crippen LogP contribution >= 0.6 is 24.0 Å². The van der Waals surface area contributed by atoms with Crippen molar-refractivity contribution in [3.8, 4) is 0 Å². The molecule has 0 saturated heterocycles. The van der Waals surface area contributed by atoms with E-state index >= 15 is 0 Å². The SMILES string of the molecule is C/C=C/COC(=S)SCc1ccccc1. The van der Waals surface area contributed by atoms with Crippen molar-refractivity contribution in [2.24, 2.45) is 0 Å². The number of thiocarbonyl (C=S) groups is 1. The highest BCUT2D eigenvalue weighted by Gasteiger charge is 1.98. The third-order valence-electron chi connectivity index (χ3n) is 1.73. The lowest BCUT2D eigenvalue weighted by molar-refractivity contribution is 0.370. The smallest absolute Gasteiger partial charge is 0.220 e. The first kappa shape index (κ1) is 12.3. The zero-order chi connectivity index (χ0) is 10.9. The molecular weight excluding hydrogens is 224 g/mol. The number of benzene rings is 1. The van der Waals surface area contributed by atoms with Gasteiger partial charge in [-0.1, -0.05) is 54.2 Å². The van der Waals surface area contributed by atoms with Crippen molar-refractivity contribution < 1.29 is 4.74 Å². The lowest BCUT2D eigenvalue weighted by Gasteiger charge is -2.04. The minimum Gasteiger partial charge on any atom is -0.474 e. The van der Waals surface area contributed by atoms with E-state index in [1.54, 1.807) is 11.8 Å². The number of hydrogen-bond acceptors (Lipinski definition) is 3. The van der Waals surface area contributed by atoms with E-state index in [9.17, 15) is 0 Å². The van der Waals surface area contributed by atoms with Crippen molar-refractivity contribution in [2.75, 3.05) is 6.61 Å². The minimum absolute atomic E-state index is 0.567. The molecular formula is C12H14OS2. The van der Waals surface area contributed by atoms with Gasteiger partial charge in [0, 0.05) is 5.75 Å². The fourth-order valence-electron chi connectivity index (χ4n) is 0.971. The van der Waals surface area contributed by atoms with Gasteiger partial charge in [0.05, 0.1) is 0 Å². The van der Waals surface area contributed by atoms with Crippen molar-refractivity contribution >= 4 is 28.4 Å². The molecule has 0 spiro atoms. The molecule has 0 aliphatic heterocycles. The van der Waals surface area contributed by atoms with Gasteiger partial charge in [0.25, 0.3) is 0 Å². The Hall–Kier alpha value is -0.800. The predicted molar refractivity (Wildman–Crippen MR) is 71.1 cm³/mol. The fourth-order valence-corrected chi connectivity index (χ4v) is 1.84. The molecule has 0 fully saturated rings. The Bertz CT molecular complexity index is 320. The largest absolute Gasteiger partial charge is 0.474 e. The zero-order valence-electron chi connectivity index (χ0n) is 8.68. The summed E-state index contributed by atoms with van der Waals surface area (Å²) in [5.41, 5.74) is 1.26. The van der Waals surface area contributed by atoms with E-state index in [-0.39, 0.29) is 0 Å². The molecule has 0 bridgehead atoms. The molecule has 3 heteroatoms. The maximum absolute atomic E-state index is 5.31. The van der Waals surface area contributed by atoms with Gasteiger partial charge in [0.15, 0.2) is 0 Å². The maximum Gasteiger partial charge on any atom is 0.220 e. The van der Waals surface area contributed by atoms with E-state index in [1.165, 1.54) is 5.56 Å². The number of allylic oxidation sites excluding steroid dienone is 1. The second kappa shape index (κ2) is 7.49. The second-order valence-corrected chi connectivity index (χ2v) is 4.48. The Kier molecular flexibility index (Phi) is 6.12. The lowest BCUT2D eigenvalue weighted by atomic mass is 10.2. The Balaban J connectivity index is 2.23. The summed E-state index contributed by atoms with van der Waals surface area (Å²) in [7, 11) is 0. The molecule has 15 heavy (non-hydrogen) atoms. The van der Waals surface area contributed by atoms with Gasteiger partial charge in [0.1, 0.15) is 6.61 Å². The van der Waals surface area contributed by atoms with Gasteiger partial charge in [-0.15, -0.1) is 0 Å². The van der Waals surface area contributed by atoms with Gasteiger partial charge in [-0.25, -0.2) is 0 Å². The average molecular weight is 238 g/mol. The molecule has 0 aromatic heterocycles. The first-order valence-electron chi connectivity index (χ1n) is 4.77. The standard InChI is InChI=1S/C12H14OS2/c1-2-3-9-13-12(14)15-10-11-7-5-4-6-8-11/h2-8H,9-10H2,1H3/b3-2+. The highest BCUT2D eigenvalue weighted by atomic mass is 32.2. The molecule has 0 N–H and O–H groups in total. The van der Waals surface area contributed by atoms with Crippen molar-refractivity contribution in [1.29, 1.82) is 0 Å². The molecule has 1 rings (SSSR count). The van der Waals surface area contributed by atoms with Crippen LogP contribution in [-0.4, -0.2) is 11.0 Å². The predicted octanol–water partition coefficient (Wildman–Crippen LogP) is 3.80. The third-order valence-corrected chi connectivity index (χ3v) is 3.04. The van der Waals surface area contributed by atoms with E-state index in [0.29, 0.717) is 11.0 Å². The summed E-state index contributed by atoms with van der Waals surface area (Å²) in [5, 5.41) is 0. The van der Waals surface area contributed by atoms with Crippen LogP contribution in [0.3, 0.4) is 0 Å². The van der Waals surface area contributed by atoms with Crippen LogP contribution in [0.25, 0.3) is 0 Å². The first-order chi connectivity index (χ1) is 7.33. The van der Waals surface area contributed by atoms with E-state index in [1.807, 2.05) is 37.3 Å². The molecule has 1 nitrogen and oxygen atoms in total. The molecule has 0 aliphatic carbocycles. The highest BCUT2D eigenvalue weighted by Crippen LogP contribution is 2.14. The molecule has 1 aromatic carbocycles. The summed E-state index contributed by atoms with van der Waals surface area (Å²) >= 11 is 6.63. The molecule has 0 unspecified atom stereocenters. The summed E-state index contributed by atoms with van der Waals surface area (Å²) < 4.78 is 5.92. The topological polar surface area (TPSA) is 9.23 Å². The summed E-state index contributed by atoms with van der Waals surface area (Å²) in [4.78, 5) is 0. The van der Waals surface area contributed by atoms with Crippen LogP contribution in [0.15, 0.2) is 42.5 Å². The van der Waals surface area contributed by atoms with Gasteiger partial charge in [-0.05, 0) is 24.7 Å². The molecule has 0 heterocycles. The van der Waals surface area contributed by atoms with Gasteiger partial charge >= 0.3 is 0 Å². The Morgan fingerprint density at radius 2 is 2.13 bits per heavy atom. The number of hydrogen-bond donors (Lipinski definition) is 0. The molecule has 0 amide bonds. The van der Waals surface area contributed by atoms with Crippen LogP contribution in [0.1, 0.15) is 12.5 Å². The normalized spacial score (nSPS) is 10.5. The molecule has 0 aliphatic rings. The van der Waals surface area contributed by atoms with Crippen molar-refractivity contribution in [1.82, 2.24) is 0 Å². The second-order valence-electron chi connectivity index (χ2n) is 2.90. The van der Waals surface area contributed by atoms with Crippen molar-refractivity contribution in [2.45, 2.75) is 12.7 Å². The minimum atomic E-state index is 0.567. The number of rotatable bonds is 4. The van der Waals surface area contributed by atoms with Gasteiger partial charge in [0.2, 0.25) is 4.38 Å². The Morgan fingerprint density at radius 3 is 2.80 bits per heavy atom. The van der Waals surface area contributed by atoms with E-state index < -0.39 is 0 Å². The summed E-state index contributed by atoms with van der Waals surface area (Å²) in [6.45, 7) is 2.53. The van der Waals surface area contributed by atoms with Crippen LogP contribution in [-0.2, 0) is 10.5 Å². The van der Waals surface area contributed by atoms with Crippen LogP contribution in [0, 0.1) is 0 Å². The average Bonchev–Trinajstić information content (AvgIpc) is 2.28.